The van der Waals surface area contributed by atoms with E-state index in [-0.39, 0.29) is 17.2 Å². The summed E-state index contributed by atoms with van der Waals surface area (Å²) in [6.45, 7) is 2.47. The van der Waals surface area contributed by atoms with Gasteiger partial charge in [0.1, 0.15) is 17.3 Å². The van der Waals surface area contributed by atoms with Crippen molar-refractivity contribution in [3.63, 3.8) is 0 Å². The molecule has 3 rings (SSSR count). The normalized spacial score (nSPS) is 14.6. The number of hydrogen-bond donors (Lipinski definition) is 2. The quantitative estimate of drug-likeness (QED) is 0.862. The van der Waals surface area contributed by atoms with Gasteiger partial charge in [-0.25, -0.2) is 4.98 Å². The molecule has 0 radical (unpaired) electrons. The number of aromatic nitrogens is 1. The van der Waals surface area contributed by atoms with Crippen LogP contribution in [0.1, 0.15) is 41.6 Å². The molecule has 1 fully saturated rings. The third-order valence-corrected chi connectivity index (χ3v) is 4.64. The van der Waals surface area contributed by atoms with Crippen LogP contribution in [0.3, 0.4) is 0 Å². The third kappa shape index (κ3) is 4.45. The topological polar surface area (TPSA) is 74.7 Å². The van der Waals surface area contributed by atoms with Gasteiger partial charge in [-0.15, -0.1) is 0 Å². The van der Waals surface area contributed by atoms with Crippen molar-refractivity contribution in [2.24, 2.45) is 0 Å². The molecule has 1 saturated heterocycles. The number of pyridine rings is 1. The van der Waals surface area contributed by atoms with E-state index in [0.717, 1.165) is 24.5 Å². The van der Waals surface area contributed by atoms with Gasteiger partial charge in [0, 0.05) is 31.9 Å². The van der Waals surface area contributed by atoms with Crippen molar-refractivity contribution < 1.29 is 14.6 Å². The van der Waals surface area contributed by atoms with Crippen LogP contribution in [0.4, 0.5) is 5.82 Å². The maximum atomic E-state index is 12.3. The number of ether oxygens (including phenoxy) is 1. The number of carbonyl (C=O) groups excluding carboxylic acids is 1. The number of rotatable bonds is 5. The second kappa shape index (κ2) is 8.56. The molecule has 0 bridgehead atoms. The number of methoxy groups -OCH3 is 1. The second-order valence-corrected chi connectivity index (χ2v) is 6.49. The van der Waals surface area contributed by atoms with Crippen LogP contribution in [0.5, 0.6) is 11.5 Å². The van der Waals surface area contributed by atoms with Crippen molar-refractivity contribution >= 4 is 11.7 Å². The average molecular weight is 355 g/mol. The number of anilines is 1. The minimum atomic E-state index is -0.332. The van der Waals surface area contributed by atoms with Gasteiger partial charge in [-0.2, -0.15) is 0 Å². The molecule has 0 atom stereocenters. The van der Waals surface area contributed by atoms with E-state index in [9.17, 15) is 9.90 Å². The van der Waals surface area contributed by atoms with Crippen LogP contribution < -0.4 is 15.0 Å². The summed E-state index contributed by atoms with van der Waals surface area (Å²) in [6, 6.07) is 8.61. The van der Waals surface area contributed by atoms with Crippen LogP contribution in [0, 0.1) is 0 Å². The number of benzene rings is 1. The molecular formula is C20H25N3O3. The van der Waals surface area contributed by atoms with Crippen molar-refractivity contribution in [3.8, 4) is 11.5 Å². The number of nitrogens with zero attached hydrogens (tertiary/aromatic N) is 2. The molecule has 0 unspecified atom stereocenters. The molecule has 6 nitrogen and oxygen atoms in total. The highest BCUT2D eigenvalue weighted by molar-refractivity contribution is 5.96. The van der Waals surface area contributed by atoms with E-state index >= 15 is 0 Å². The number of aromatic hydroxyl groups is 1. The Morgan fingerprint density at radius 1 is 1.19 bits per heavy atom. The van der Waals surface area contributed by atoms with Gasteiger partial charge in [0.2, 0.25) is 0 Å². The van der Waals surface area contributed by atoms with E-state index in [0.29, 0.717) is 12.3 Å². The number of amides is 1. The standard InChI is InChI=1S/C20H25N3O3/c1-26-16-7-8-17(18(24)12-16)20(25)22-14-15-6-9-19(21-13-15)23-10-4-2-3-5-11-23/h6-9,12-13,24H,2-5,10-11,14H2,1H3,(H,22,25). The molecule has 1 aromatic carbocycles. The Kier molecular flexibility index (Phi) is 5.94. The van der Waals surface area contributed by atoms with Gasteiger partial charge in [0.25, 0.3) is 5.91 Å². The van der Waals surface area contributed by atoms with Crippen molar-refractivity contribution in [1.29, 1.82) is 0 Å². The summed E-state index contributed by atoms with van der Waals surface area (Å²) in [7, 11) is 1.51. The van der Waals surface area contributed by atoms with Crippen LogP contribution >= 0.6 is 0 Å². The lowest BCUT2D eigenvalue weighted by Gasteiger charge is -2.21. The second-order valence-electron chi connectivity index (χ2n) is 6.49. The number of phenolic OH excluding ortho intramolecular Hbond substituents is 1. The van der Waals surface area contributed by atoms with Crippen molar-refractivity contribution in [2.45, 2.75) is 32.2 Å². The lowest BCUT2D eigenvalue weighted by atomic mass is 10.1. The van der Waals surface area contributed by atoms with Gasteiger partial charge in [0.15, 0.2) is 0 Å². The first-order valence-electron chi connectivity index (χ1n) is 9.02. The number of phenols is 1. The largest absolute Gasteiger partial charge is 0.507 e. The first-order chi connectivity index (χ1) is 12.7. The molecule has 2 heterocycles. The SMILES string of the molecule is COc1ccc(C(=O)NCc2ccc(N3CCCCCC3)nc2)c(O)c1. The van der Waals surface area contributed by atoms with Crippen LogP contribution in [-0.2, 0) is 6.54 Å². The molecule has 6 heteroatoms. The van der Waals surface area contributed by atoms with Gasteiger partial charge < -0.3 is 20.1 Å². The molecule has 26 heavy (non-hydrogen) atoms. The molecule has 0 spiro atoms. The van der Waals surface area contributed by atoms with E-state index in [4.69, 9.17) is 4.74 Å². The van der Waals surface area contributed by atoms with Gasteiger partial charge in [-0.1, -0.05) is 18.9 Å². The van der Waals surface area contributed by atoms with Crippen LogP contribution in [0.2, 0.25) is 0 Å². The van der Waals surface area contributed by atoms with Gasteiger partial charge in [-0.05, 0) is 36.6 Å². The Labute approximate surface area is 153 Å². The average Bonchev–Trinajstić information content (AvgIpc) is 2.96. The first-order valence-corrected chi connectivity index (χ1v) is 9.02. The summed E-state index contributed by atoms with van der Waals surface area (Å²) in [5.74, 6) is 1.07. The van der Waals surface area contributed by atoms with Crippen molar-refractivity contribution in [1.82, 2.24) is 10.3 Å². The summed E-state index contributed by atoms with van der Waals surface area (Å²) in [6.07, 6.45) is 6.81. The Morgan fingerprint density at radius 3 is 2.58 bits per heavy atom. The highest BCUT2D eigenvalue weighted by Crippen LogP contribution is 2.23. The fourth-order valence-corrected chi connectivity index (χ4v) is 3.12. The van der Waals surface area contributed by atoms with Gasteiger partial charge >= 0.3 is 0 Å². The molecule has 1 aliphatic heterocycles. The molecule has 2 N–H and O–H groups in total. The minimum absolute atomic E-state index is 0.100. The highest BCUT2D eigenvalue weighted by atomic mass is 16.5. The predicted molar refractivity (Wildman–Crippen MR) is 101 cm³/mol. The fraction of sp³-hybridized carbons (Fsp3) is 0.400. The summed E-state index contributed by atoms with van der Waals surface area (Å²) in [5, 5.41) is 12.7. The zero-order valence-corrected chi connectivity index (χ0v) is 15.1. The third-order valence-electron chi connectivity index (χ3n) is 4.64. The monoisotopic (exact) mass is 355 g/mol. The summed E-state index contributed by atoms with van der Waals surface area (Å²) < 4.78 is 5.02. The molecule has 1 aliphatic rings. The molecule has 138 valence electrons. The molecule has 0 saturated carbocycles. The fourth-order valence-electron chi connectivity index (χ4n) is 3.12. The van der Waals surface area contributed by atoms with Crippen molar-refractivity contribution in [2.75, 3.05) is 25.1 Å². The minimum Gasteiger partial charge on any atom is -0.507 e. The van der Waals surface area contributed by atoms with Crippen molar-refractivity contribution in [3.05, 3.63) is 47.7 Å². The number of hydrogen-bond acceptors (Lipinski definition) is 5. The van der Waals surface area contributed by atoms with E-state index in [1.165, 1.54) is 38.9 Å². The van der Waals surface area contributed by atoms with Crippen LogP contribution in [-0.4, -0.2) is 36.2 Å². The van der Waals surface area contributed by atoms with E-state index < -0.39 is 0 Å². The highest BCUT2D eigenvalue weighted by Gasteiger charge is 2.13. The molecule has 1 aromatic heterocycles. The zero-order chi connectivity index (χ0) is 18.4. The zero-order valence-electron chi connectivity index (χ0n) is 15.1. The molecule has 0 aliphatic carbocycles. The van der Waals surface area contributed by atoms with E-state index in [1.54, 1.807) is 18.3 Å². The lowest BCUT2D eigenvalue weighted by Crippen LogP contribution is -2.25. The van der Waals surface area contributed by atoms with Crippen LogP contribution in [0.25, 0.3) is 0 Å². The molecular weight excluding hydrogens is 330 g/mol. The smallest absolute Gasteiger partial charge is 0.255 e. The Bertz CT molecular complexity index is 738. The Hall–Kier alpha value is -2.76. The maximum absolute atomic E-state index is 12.3. The predicted octanol–water partition coefficient (Wildman–Crippen LogP) is 3.11. The van der Waals surface area contributed by atoms with E-state index in [2.05, 4.69) is 15.2 Å². The number of carbonyl (C=O) groups is 1. The van der Waals surface area contributed by atoms with Gasteiger partial charge in [0.05, 0.1) is 12.7 Å². The first kappa shape index (κ1) is 18.0. The Morgan fingerprint density at radius 2 is 1.96 bits per heavy atom. The molecule has 1 amide bonds. The maximum Gasteiger partial charge on any atom is 0.255 e. The molecule has 2 aromatic rings. The Balaban J connectivity index is 1.58. The summed E-state index contributed by atoms with van der Waals surface area (Å²) in [5.41, 5.74) is 1.14. The van der Waals surface area contributed by atoms with Crippen LogP contribution in [0.15, 0.2) is 36.5 Å². The number of nitrogens with one attached hydrogen (secondary N) is 1. The summed E-state index contributed by atoms with van der Waals surface area (Å²) in [4.78, 5) is 19.1. The summed E-state index contributed by atoms with van der Waals surface area (Å²) >= 11 is 0. The lowest BCUT2D eigenvalue weighted by molar-refractivity contribution is 0.0948. The van der Waals surface area contributed by atoms with E-state index in [1.807, 2.05) is 12.1 Å². The van der Waals surface area contributed by atoms with Gasteiger partial charge in [-0.3, -0.25) is 4.79 Å².